The van der Waals surface area contributed by atoms with E-state index in [1.54, 1.807) is 23.1 Å². The molecule has 0 bridgehead atoms. The van der Waals surface area contributed by atoms with Gasteiger partial charge in [0, 0.05) is 25.8 Å². The van der Waals surface area contributed by atoms with Crippen LogP contribution in [0.5, 0.6) is 11.5 Å². The van der Waals surface area contributed by atoms with E-state index in [2.05, 4.69) is 0 Å². The lowest BCUT2D eigenvalue weighted by Gasteiger charge is -2.26. The molecule has 0 spiro atoms. The van der Waals surface area contributed by atoms with E-state index in [9.17, 15) is 19.8 Å². The summed E-state index contributed by atoms with van der Waals surface area (Å²) in [5.41, 5.74) is 0.426. The number of aliphatic hydroxyl groups is 2. The minimum atomic E-state index is -1.17. The Morgan fingerprint density at radius 1 is 1.26 bits per heavy atom. The first-order valence-corrected chi connectivity index (χ1v) is 9.56. The van der Waals surface area contributed by atoms with Crippen molar-refractivity contribution in [2.45, 2.75) is 19.1 Å². The van der Waals surface area contributed by atoms with E-state index in [4.69, 9.17) is 14.2 Å². The van der Waals surface area contributed by atoms with E-state index in [0.29, 0.717) is 43.4 Å². The molecular formula is C18H25NO7S. The smallest absolute Gasteiger partial charge is 0.260 e. The van der Waals surface area contributed by atoms with Crippen LogP contribution in [0.4, 0.5) is 0 Å². The summed E-state index contributed by atoms with van der Waals surface area (Å²) in [7, 11) is 1.45. The van der Waals surface area contributed by atoms with Gasteiger partial charge < -0.3 is 29.3 Å². The first-order valence-electron chi connectivity index (χ1n) is 8.58. The van der Waals surface area contributed by atoms with Gasteiger partial charge in [-0.2, -0.15) is 0 Å². The van der Waals surface area contributed by atoms with Crippen molar-refractivity contribution in [3.8, 4) is 11.5 Å². The zero-order valence-corrected chi connectivity index (χ0v) is 16.2. The van der Waals surface area contributed by atoms with Crippen molar-refractivity contribution in [2.24, 2.45) is 0 Å². The molecule has 1 heterocycles. The van der Waals surface area contributed by atoms with E-state index in [1.165, 1.54) is 14.0 Å². The fraction of sp³-hybridized carbons (Fsp3) is 0.556. The molecule has 1 aromatic rings. The van der Waals surface area contributed by atoms with Gasteiger partial charge in [-0.15, -0.1) is 0 Å². The SMILES string of the molecule is COc1cc(C(O)C(O)CSC(C)=O)ccc1OCC(=O)N1CCOCC1. The van der Waals surface area contributed by atoms with E-state index in [0.717, 1.165) is 11.8 Å². The molecule has 2 unspecified atom stereocenters. The number of benzene rings is 1. The number of methoxy groups -OCH3 is 1. The predicted molar refractivity (Wildman–Crippen MR) is 100.0 cm³/mol. The highest BCUT2D eigenvalue weighted by Crippen LogP contribution is 2.32. The Morgan fingerprint density at radius 3 is 2.59 bits per heavy atom. The molecule has 8 nitrogen and oxygen atoms in total. The highest BCUT2D eigenvalue weighted by molar-refractivity contribution is 8.13. The van der Waals surface area contributed by atoms with Crippen molar-refractivity contribution in [1.82, 2.24) is 4.90 Å². The Bertz CT molecular complexity index is 649. The minimum Gasteiger partial charge on any atom is -0.493 e. The molecule has 27 heavy (non-hydrogen) atoms. The van der Waals surface area contributed by atoms with Gasteiger partial charge in [0.25, 0.3) is 5.91 Å². The summed E-state index contributed by atoms with van der Waals surface area (Å²) in [6.07, 6.45) is -2.27. The van der Waals surface area contributed by atoms with Gasteiger partial charge >= 0.3 is 0 Å². The number of carbonyl (C=O) groups excluding carboxylic acids is 2. The fourth-order valence-electron chi connectivity index (χ4n) is 2.55. The second kappa shape index (κ2) is 10.5. The topological polar surface area (TPSA) is 106 Å². The lowest BCUT2D eigenvalue weighted by Crippen LogP contribution is -2.43. The number of ether oxygens (including phenoxy) is 3. The van der Waals surface area contributed by atoms with Crippen LogP contribution < -0.4 is 9.47 Å². The summed E-state index contributed by atoms with van der Waals surface area (Å²) < 4.78 is 16.1. The van der Waals surface area contributed by atoms with Crippen LogP contribution in [-0.2, 0) is 14.3 Å². The number of carbonyl (C=O) groups is 2. The molecule has 1 fully saturated rings. The Hall–Kier alpha value is -1.81. The van der Waals surface area contributed by atoms with Gasteiger partial charge in [0.15, 0.2) is 23.2 Å². The second-order valence-electron chi connectivity index (χ2n) is 6.01. The van der Waals surface area contributed by atoms with Gasteiger partial charge in [-0.25, -0.2) is 0 Å². The Labute approximate surface area is 162 Å². The first-order chi connectivity index (χ1) is 12.9. The van der Waals surface area contributed by atoms with Gasteiger partial charge in [0.05, 0.1) is 26.4 Å². The maximum absolute atomic E-state index is 12.2. The molecule has 0 aliphatic carbocycles. The molecule has 2 atom stereocenters. The molecule has 2 N–H and O–H groups in total. The van der Waals surface area contributed by atoms with Gasteiger partial charge in [0.1, 0.15) is 6.10 Å². The van der Waals surface area contributed by atoms with Crippen molar-refractivity contribution >= 4 is 22.8 Å². The maximum atomic E-state index is 12.2. The third-order valence-corrected chi connectivity index (χ3v) is 4.98. The molecule has 0 saturated carbocycles. The van der Waals surface area contributed by atoms with Gasteiger partial charge in [-0.3, -0.25) is 9.59 Å². The van der Waals surface area contributed by atoms with E-state index in [1.807, 2.05) is 0 Å². The van der Waals surface area contributed by atoms with Gasteiger partial charge in [0.2, 0.25) is 0 Å². The lowest BCUT2D eigenvalue weighted by atomic mass is 10.0. The summed E-state index contributed by atoms with van der Waals surface area (Å²) in [4.78, 5) is 24.8. The molecule has 9 heteroatoms. The number of hydrogen-bond donors (Lipinski definition) is 2. The maximum Gasteiger partial charge on any atom is 0.260 e. The minimum absolute atomic E-state index is 0.0884. The van der Waals surface area contributed by atoms with Crippen molar-refractivity contribution in [3.63, 3.8) is 0 Å². The van der Waals surface area contributed by atoms with Crippen molar-refractivity contribution in [2.75, 3.05) is 45.8 Å². The van der Waals surface area contributed by atoms with Crippen molar-refractivity contribution < 1.29 is 34.0 Å². The number of aliphatic hydroxyl groups excluding tert-OH is 2. The largest absolute Gasteiger partial charge is 0.493 e. The van der Waals surface area contributed by atoms with Crippen molar-refractivity contribution in [3.05, 3.63) is 23.8 Å². The summed E-state index contributed by atoms with van der Waals surface area (Å²) in [6, 6.07) is 4.71. The van der Waals surface area contributed by atoms with Gasteiger partial charge in [-0.05, 0) is 17.7 Å². The molecule has 1 aromatic carbocycles. The Morgan fingerprint density at radius 2 is 1.96 bits per heavy atom. The average Bonchev–Trinajstić information content (AvgIpc) is 2.70. The number of nitrogens with zero attached hydrogens (tertiary/aromatic N) is 1. The molecule has 1 aliphatic heterocycles. The predicted octanol–water partition coefficient (Wildman–Crippen LogP) is 0.607. The van der Waals surface area contributed by atoms with Crippen LogP contribution in [0.2, 0.25) is 0 Å². The quantitative estimate of drug-likeness (QED) is 0.655. The number of hydrogen-bond acceptors (Lipinski definition) is 8. The van der Waals surface area contributed by atoms with Gasteiger partial charge in [-0.1, -0.05) is 17.8 Å². The van der Waals surface area contributed by atoms with E-state index >= 15 is 0 Å². The number of amides is 1. The molecule has 0 aromatic heterocycles. The van der Waals surface area contributed by atoms with Crippen LogP contribution >= 0.6 is 11.8 Å². The zero-order chi connectivity index (χ0) is 19.8. The zero-order valence-electron chi connectivity index (χ0n) is 15.4. The summed E-state index contributed by atoms with van der Waals surface area (Å²) in [5.74, 6) is 0.655. The molecule has 1 saturated heterocycles. The second-order valence-corrected chi connectivity index (χ2v) is 7.20. The first kappa shape index (κ1) is 21.5. The molecule has 150 valence electrons. The molecule has 2 rings (SSSR count). The van der Waals surface area contributed by atoms with Crippen LogP contribution in [-0.4, -0.2) is 78.0 Å². The average molecular weight is 399 g/mol. The summed E-state index contributed by atoms with van der Waals surface area (Å²) in [6.45, 7) is 3.40. The number of thioether (sulfide) groups is 1. The molecular weight excluding hydrogens is 374 g/mol. The van der Waals surface area contributed by atoms with E-state index < -0.39 is 12.2 Å². The molecule has 0 radical (unpaired) electrons. The monoisotopic (exact) mass is 399 g/mol. The Kier molecular flexibility index (Phi) is 8.36. The number of rotatable bonds is 8. The summed E-state index contributed by atoms with van der Waals surface area (Å²) in [5, 5.41) is 20.1. The van der Waals surface area contributed by atoms with Crippen LogP contribution in [0.3, 0.4) is 0 Å². The molecule has 1 amide bonds. The Balaban J connectivity index is 1.98. The normalized spacial score (nSPS) is 16.5. The van der Waals surface area contributed by atoms with Crippen LogP contribution in [0, 0.1) is 0 Å². The molecule has 1 aliphatic rings. The van der Waals surface area contributed by atoms with Crippen molar-refractivity contribution in [1.29, 1.82) is 0 Å². The number of morpholine rings is 1. The highest BCUT2D eigenvalue weighted by Gasteiger charge is 2.22. The fourth-order valence-corrected chi connectivity index (χ4v) is 3.13. The van der Waals surface area contributed by atoms with E-state index in [-0.39, 0.29) is 23.4 Å². The lowest BCUT2D eigenvalue weighted by molar-refractivity contribution is -0.137. The van der Waals surface area contributed by atoms with Crippen LogP contribution in [0.25, 0.3) is 0 Å². The van der Waals surface area contributed by atoms with Crippen LogP contribution in [0.15, 0.2) is 18.2 Å². The van der Waals surface area contributed by atoms with Crippen LogP contribution in [0.1, 0.15) is 18.6 Å². The standard InChI is InChI=1S/C18H25NO7S/c1-12(20)27-11-14(21)18(23)13-3-4-15(16(9-13)24-2)26-10-17(22)19-5-7-25-8-6-19/h3-4,9,14,18,21,23H,5-8,10-11H2,1-2H3. The third-order valence-electron chi connectivity index (χ3n) is 4.07. The highest BCUT2D eigenvalue weighted by atomic mass is 32.2. The third kappa shape index (κ3) is 6.39. The summed E-state index contributed by atoms with van der Waals surface area (Å²) >= 11 is 0.944.